The van der Waals surface area contributed by atoms with Gasteiger partial charge in [0.1, 0.15) is 5.82 Å². The van der Waals surface area contributed by atoms with Crippen LogP contribution in [-0.2, 0) is 0 Å². The van der Waals surface area contributed by atoms with E-state index in [1.807, 2.05) is 4.90 Å². The van der Waals surface area contributed by atoms with E-state index in [0.717, 1.165) is 19.5 Å². The summed E-state index contributed by atoms with van der Waals surface area (Å²) >= 11 is 0. The van der Waals surface area contributed by atoms with E-state index < -0.39 is 0 Å². The molecule has 104 valence electrons. The van der Waals surface area contributed by atoms with Crippen molar-refractivity contribution in [3.05, 3.63) is 35.6 Å². The summed E-state index contributed by atoms with van der Waals surface area (Å²) in [6.07, 6.45) is 0.935. The van der Waals surface area contributed by atoms with Crippen LogP contribution >= 0.6 is 0 Å². The number of hydrogen-bond donors (Lipinski definition) is 1. The number of amides is 1. The normalized spacial score (nSPS) is 20.4. The second-order valence-corrected chi connectivity index (χ2v) is 5.42. The average molecular weight is 264 g/mol. The molecule has 1 heterocycles. The molecule has 1 amide bonds. The Hall–Kier alpha value is -1.42. The van der Waals surface area contributed by atoms with E-state index in [4.69, 9.17) is 0 Å². The Morgan fingerprint density at radius 1 is 1.47 bits per heavy atom. The minimum atomic E-state index is -0.362. The lowest BCUT2D eigenvalue weighted by Crippen LogP contribution is -2.43. The van der Waals surface area contributed by atoms with Gasteiger partial charge in [0.25, 0.3) is 5.91 Å². The first-order chi connectivity index (χ1) is 9.08. The third-order valence-electron chi connectivity index (χ3n) is 3.59. The molecule has 0 bridgehead atoms. The fraction of sp³-hybridized carbons (Fsp3) is 0.533. The zero-order valence-electron chi connectivity index (χ0n) is 11.5. The molecular weight excluding hydrogens is 243 g/mol. The Balaban J connectivity index is 2.13. The third kappa shape index (κ3) is 3.53. The van der Waals surface area contributed by atoms with Gasteiger partial charge in [-0.05, 0) is 37.1 Å². The molecule has 0 aromatic heterocycles. The van der Waals surface area contributed by atoms with Gasteiger partial charge in [-0.1, -0.05) is 19.9 Å². The maximum Gasteiger partial charge on any atom is 0.254 e. The molecule has 0 radical (unpaired) electrons. The molecule has 1 N–H and O–H groups in total. The number of nitrogens with one attached hydrogen (secondary N) is 1. The Labute approximate surface area is 113 Å². The number of carbonyl (C=O) groups is 1. The van der Waals surface area contributed by atoms with E-state index in [2.05, 4.69) is 19.2 Å². The Morgan fingerprint density at radius 2 is 2.26 bits per heavy atom. The molecule has 1 unspecified atom stereocenters. The molecule has 1 aliphatic heterocycles. The molecule has 2 rings (SSSR count). The Kier molecular flexibility index (Phi) is 4.53. The van der Waals surface area contributed by atoms with Gasteiger partial charge in [0.2, 0.25) is 0 Å². The van der Waals surface area contributed by atoms with Gasteiger partial charge in [-0.2, -0.15) is 0 Å². The average Bonchev–Trinajstić information content (AvgIpc) is 2.63. The quantitative estimate of drug-likeness (QED) is 0.889. The molecule has 1 fully saturated rings. The molecule has 1 aromatic rings. The molecule has 0 aliphatic carbocycles. The first-order valence-electron chi connectivity index (χ1n) is 6.86. The summed E-state index contributed by atoms with van der Waals surface area (Å²) in [5.41, 5.74) is 0.435. The van der Waals surface area contributed by atoms with E-state index in [-0.39, 0.29) is 11.7 Å². The number of halogens is 1. The van der Waals surface area contributed by atoms with Gasteiger partial charge in [0, 0.05) is 24.7 Å². The summed E-state index contributed by atoms with van der Waals surface area (Å²) in [5, 5.41) is 3.46. The molecule has 1 aromatic carbocycles. The highest BCUT2D eigenvalue weighted by molar-refractivity contribution is 5.94. The van der Waals surface area contributed by atoms with Crippen molar-refractivity contribution in [1.29, 1.82) is 0 Å². The SMILES string of the molecule is CC(C)C1CN(C(=O)c2cccc(F)c2)CCCN1. The fourth-order valence-electron chi connectivity index (χ4n) is 2.39. The maximum absolute atomic E-state index is 13.2. The summed E-state index contributed by atoms with van der Waals surface area (Å²) in [7, 11) is 0. The van der Waals surface area contributed by atoms with Crippen LogP contribution in [0.25, 0.3) is 0 Å². The van der Waals surface area contributed by atoms with E-state index in [1.54, 1.807) is 12.1 Å². The molecule has 1 saturated heterocycles. The highest BCUT2D eigenvalue weighted by Gasteiger charge is 2.24. The van der Waals surface area contributed by atoms with Crippen LogP contribution in [0.1, 0.15) is 30.6 Å². The van der Waals surface area contributed by atoms with Crippen LogP contribution < -0.4 is 5.32 Å². The summed E-state index contributed by atoms with van der Waals surface area (Å²) in [6.45, 7) is 6.63. The minimum Gasteiger partial charge on any atom is -0.337 e. The van der Waals surface area contributed by atoms with Crippen LogP contribution in [0.2, 0.25) is 0 Å². The second kappa shape index (κ2) is 6.15. The smallest absolute Gasteiger partial charge is 0.254 e. The van der Waals surface area contributed by atoms with Crippen LogP contribution in [0.3, 0.4) is 0 Å². The van der Waals surface area contributed by atoms with Gasteiger partial charge in [-0.3, -0.25) is 4.79 Å². The molecule has 4 heteroatoms. The van der Waals surface area contributed by atoms with Crippen molar-refractivity contribution in [2.45, 2.75) is 26.3 Å². The number of hydrogen-bond acceptors (Lipinski definition) is 2. The van der Waals surface area contributed by atoms with Crippen LogP contribution in [0.4, 0.5) is 4.39 Å². The summed E-state index contributed by atoms with van der Waals surface area (Å²) < 4.78 is 13.2. The summed E-state index contributed by atoms with van der Waals surface area (Å²) in [6, 6.07) is 6.23. The topological polar surface area (TPSA) is 32.3 Å². The lowest BCUT2D eigenvalue weighted by atomic mass is 10.0. The summed E-state index contributed by atoms with van der Waals surface area (Å²) in [4.78, 5) is 14.2. The molecule has 1 atom stereocenters. The van der Waals surface area contributed by atoms with Crippen molar-refractivity contribution in [2.75, 3.05) is 19.6 Å². The minimum absolute atomic E-state index is 0.0751. The third-order valence-corrected chi connectivity index (χ3v) is 3.59. The van der Waals surface area contributed by atoms with Gasteiger partial charge in [-0.15, -0.1) is 0 Å². The van der Waals surface area contributed by atoms with Crippen molar-refractivity contribution >= 4 is 5.91 Å². The van der Waals surface area contributed by atoms with Crippen LogP contribution in [0.15, 0.2) is 24.3 Å². The van der Waals surface area contributed by atoms with Crippen molar-refractivity contribution in [3.8, 4) is 0 Å². The van der Waals surface area contributed by atoms with Crippen molar-refractivity contribution in [2.24, 2.45) is 5.92 Å². The second-order valence-electron chi connectivity index (χ2n) is 5.42. The van der Waals surface area contributed by atoms with Gasteiger partial charge >= 0.3 is 0 Å². The molecule has 0 spiro atoms. The molecule has 0 saturated carbocycles. The fourth-order valence-corrected chi connectivity index (χ4v) is 2.39. The Morgan fingerprint density at radius 3 is 2.95 bits per heavy atom. The van der Waals surface area contributed by atoms with Crippen molar-refractivity contribution in [1.82, 2.24) is 10.2 Å². The van der Waals surface area contributed by atoms with Crippen molar-refractivity contribution in [3.63, 3.8) is 0 Å². The van der Waals surface area contributed by atoms with Crippen LogP contribution in [0.5, 0.6) is 0 Å². The van der Waals surface area contributed by atoms with Crippen molar-refractivity contribution < 1.29 is 9.18 Å². The van der Waals surface area contributed by atoms with E-state index in [9.17, 15) is 9.18 Å². The lowest BCUT2D eigenvalue weighted by Gasteiger charge is -2.27. The van der Waals surface area contributed by atoms with Crippen LogP contribution in [0, 0.1) is 11.7 Å². The standard InChI is InChI=1S/C15H21FN2O/c1-11(2)14-10-18(8-4-7-17-14)15(19)12-5-3-6-13(16)9-12/h3,5-6,9,11,14,17H,4,7-8,10H2,1-2H3. The molecule has 3 nitrogen and oxygen atoms in total. The largest absolute Gasteiger partial charge is 0.337 e. The number of nitrogens with zero attached hydrogens (tertiary/aromatic N) is 1. The first-order valence-corrected chi connectivity index (χ1v) is 6.86. The summed E-state index contributed by atoms with van der Waals surface area (Å²) in [5.74, 6) is 0.0361. The zero-order valence-corrected chi connectivity index (χ0v) is 11.5. The highest BCUT2D eigenvalue weighted by atomic mass is 19.1. The zero-order chi connectivity index (χ0) is 13.8. The van der Waals surface area contributed by atoms with E-state index >= 15 is 0 Å². The number of carbonyl (C=O) groups excluding carboxylic acids is 1. The predicted molar refractivity (Wildman–Crippen MR) is 73.5 cm³/mol. The van der Waals surface area contributed by atoms with E-state index in [0.29, 0.717) is 24.1 Å². The number of benzene rings is 1. The monoisotopic (exact) mass is 264 g/mol. The Bertz CT molecular complexity index is 448. The predicted octanol–water partition coefficient (Wildman–Crippen LogP) is 2.29. The van der Waals surface area contributed by atoms with Gasteiger partial charge in [0.15, 0.2) is 0 Å². The highest BCUT2D eigenvalue weighted by Crippen LogP contribution is 2.13. The molecule has 1 aliphatic rings. The van der Waals surface area contributed by atoms with Gasteiger partial charge in [0.05, 0.1) is 0 Å². The van der Waals surface area contributed by atoms with E-state index in [1.165, 1.54) is 12.1 Å². The first kappa shape index (κ1) is 14.0. The molecule has 19 heavy (non-hydrogen) atoms. The van der Waals surface area contributed by atoms with Gasteiger partial charge in [-0.25, -0.2) is 4.39 Å². The van der Waals surface area contributed by atoms with Crippen LogP contribution in [-0.4, -0.2) is 36.5 Å². The maximum atomic E-state index is 13.2. The van der Waals surface area contributed by atoms with Gasteiger partial charge < -0.3 is 10.2 Å². The molecular formula is C15H21FN2O. The number of rotatable bonds is 2. The lowest BCUT2D eigenvalue weighted by molar-refractivity contribution is 0.0745.